The average molecular weight is 377 g/mol. The molecule has 0 radical (unpaired) electrons. The van der Waals surface area contributed by atoms with Crippen LogP contribution in [0.15, 0.2) is 54.6 Å². The van der Waals surface area contributed by atoms with Gasteiger partial charge in [0.05, 0.1) is 0 Å². The van der Waals surface area contributed by atoms with Crippen LogP contribution in [-0.4, -0.2) is 18.4 Å². The summed E-state index contributed by atoms with van der Waals surface area (Å²) < 4.78 is 0. The summed E-state index contributed by atoms with van der Waals surface area (Å²) >= 11 is 11.9. The molecule has 0 saturated heterocycles. The second kappa shape index (κ2) is 9.87. The third-order valence-corrected chi connectivity index (χ3v) is 3.96. The Hall–Kier alpha value is -2.30. The van der Waals surface area contributed by atoms with Gasteiger partial charge in [-0.1, -0.05) is 59.6 Å². The molecule has 6 heteroatoms. The van der Waals surface area contributed by atoms with Gasteiger partial charge in [0.25, 0.3) is 0 Å². The van der Waals surface area contributed by atoms with Gasteiger partial charge in [-0.3, -0.25) is 9.59 Å². The molecule has 0 atom stereocenters. The minimum Gasteiger partial charge on any atom is -0.352 e. The Bertz CT molecular complexity index is 761. The number of halogens is 2. The Morgan fingerprint density at radius 3 is 2.48 bits per heavy atom. The Labute approximate surface area is 156 Å². The van der Waals surface area contributed by atoms with Gasteiger partial charge in [0, 0.05) is 35.6 Å². The van der Waals surface area contributed by atoms with E-state index in [-0.39, 0.29) is 24.8 Å². The van der Waals surface area contributed by atoms with Crippen molar-refractivity contribution in [3.8, 4) is 0 Å². The van der Waals surface area contributed by atoms with E-state index in [1.54, 1.807) is 24.3 Å². The second-order valence-electron chi connectivity index (χ2n) is 5.30. The number of hydrogen-bond donors (Lipinski definition) is 2. The van der Waals surface area contributed by atoms with E-state index in [0.29, 0.717) is 16.6 Å². The fraction of sp³-hybridized carbons (Fsp3) is 0.158. The van der Waals surface area contributed by atoms with E-state index in [0.717, 1.165) is 11.1 Å². The molecule has 2 N–H and O–H groups in total. The van der Waals surface area contributed by atoms with Crippen molar-refractivity contribution in [3.05, 3.63) is 75.8 Å². The fourth-order valence-corrected chi connectivity index (χ4v) is 2.52. The summed E-state index contributed by atoms with van der Waals surface area (Å²) in [7, 11) is 0. The van der Waals surface area contributed by atoms with Crippen molar-refractivity contribution in [1.82, 2.24) is 10.6 Å². The lowest BCUT2D eigenvalue weighted by atomic mass is 10.2. The molecule has 2 amide bonds. The summed E-state index contributed by atoms with van der Waals surface area (Å²) in [5.74, 6) is -0.407. The van der Waals surface area contributed by atoms with Crippen molar-refractivity contribution in [2.24, 2.45) is 0 Å². The molecule has 2 aromatic carbocycles. The van der Waals surface area contributed by atoms with Gasteiger partial charge in [-0.05, 0) is 29.3 Å². The van der Waals surface area contributed by atoms with E-state index in [9.17, 15) is 9.59 Å². The van der Waals surface area contributed by atoms with Crippen molar-refractivity contribution in [1.29, 1.82) is 0 Å². The van der Waals surface area contributed by atoms with E-state index < -0.39 is 0 Å². The van der Waals surface area contributed by atoms with Crippen molar-refractivity contribution >= 4 is 41.1 Å². The largest absolute Gasteiger partial charge is 0.352 e. The highest BCUT2D eigenvalue weighted by molar-refractivity contribution is 6.35. The molecule has 0 aliphatic carbocycles. The number of nitrogens with one attached hydrogen (secondary N) is 2. The summed E-state index contributed by atoms with van der Waals surface area (Å²) in [6.45, 7) is 0.578. The maximum Gasteiger partial charge on any atom is 0.244 e. The lowest BCUT2D eigenvalue weighted by molar-refractivity contribution is -0.121. The number of amides is 2. The molecule has 0 heterocycles. The molecule has 2 rings (SSSR count). The number of benzene rings is 2. The third-order valence-electron chi connectivity index (χ3n) is 3.37. The smallest absolute Gasteiger partial charge is 0.244 e. The molecule has 0 aliphatic heterocycles. The lowest BCUT2D eigenvalue weighted by Gasteiger charge is -2.07. The number of carbonyl (C=O) groups is 2. The molecule has 0 bridgehead atoms. The summed E-state index contributed by atoms with van der Waals surface area (Å²) in [6.07, 6.45) is 3.36. The van der Waals surface area contributed by atoms with Crippen LogP contribution in [0.4, 0.5) is 0 Å². The number of carbonyl (C=O) groups excluding carboxylic acids is 2. The minimum atomic E-state index is -0.239. The predicted molar refractivity (Wildman–Crippen MR) is 101 cm³/mol. The van der Waals surface area contributed by atoms with E-state index in [4.69, 9.17) is 23.2 Å². The van der Waals surface area contributed by atoms with Gasteiger partial charge >= 0.3 is 0 Å². The van der Waals surface area contributed by atoms with Gasteiger partial charge in [0.15, 0.2) is 0 Å². The van der Waals surface area contributed by atoms with E-state index >= 15 is 0 Å². The Balaban J connectivity index is 1.68. The predicted octanol–water partition coefficient (Wildman–Crippen LogP) is 3.83. The first-order chi connectivity index (χ1) is 12.0. The van der Waals surface area contributed by atoms with E-state index in [1.807, 2.05) is 30.3 Å². The molecule has 2 aromatic rings. The van der Waals surface area contributed by atoms with Gasteiger partial charge < -0.3 is 10.6 Å². The van der Waals surface area contributed by atoms with Crippen LogP contribution in [0.3, 0.4) is 0 Å². The zero-order valence-corrected chi connectivity index (χ0v) is 15.0. The number of hydrogen-bond acceptors (Lipinski definition) is 2. The lowest BCUT2D eigenvalue weighted by Crippen LogP contribution is -2.29. The van der Waals surface area contributed by atoms with Crippen molar-refractivity contribution < 1.29 is 9.59 Å². The highest BCUT2D eigenvalue weighted by atomic mass is 35.5. The maximum absolute atomic E-state index is 11.8. The molecule has 4 nitrogen and oxygen atoms in total. The van der Waals surface area contributed by atoms with Crippen LogP contribution < -0.4 is 10.6 Å². The monoisotopic (exact) mass is 376 g/mol. The SMILES string of the molecule is O=C(/C=C/c1ccccc1)NCCC(=O)NCc1ccc(Cl)cc1Cl. The molecular formula is C19H18Cl2N2O2. The summed E-state index contributed by atoms with van der Waals surface area (Å²) in [5, 5.41) is 6.48. The zero-order chi connectivity index (χ0) is 18.1. The van der Waals surface area contributed by atoms with Crippen LogP contribution in [0.5, 0.6) is 0 Å². The molecule has 25 heavy (non-hydrogen) atoms. The topological polar surface area (TPSA) is 58.2 Å². The average Bonchev–Trinajstić information content (AvgIpc) is 2.60. The van der Waals surface area contributed by atoms with Crippen LogP contribution in [0, 0.1) is 0 Å². The van der Waals surface area contributed by atoms with Crippen LogP contribution in [0.2, 0.25) is 10.0 Å². The number of rotatable bonds is 7. The quantitative estimate of drug-likeness (QED) is 0.721. The molecule has 0 saturated carbocycles. The maximum atomic E-state index is 11.8. The van der Waals surface area contributed by atoms with Crippen LogP contribution in [0.25, 0.3) is 6.08 Å². The van der Waals surface area contributed by atoms with Crippen molar-refractivity contribution in [2.75, 3.05) is 6.54 Å². The molecule has 130 valence electrons. The first-order valence-electron chi connectivity index (χ1n) is 7.76. The highest BCUT2D eigenvalue weighted by Gasteiger charge is 2.05. The zero-order valence-electron chi connectivity index (χ0n) is 13.5. The van der Waals surface area contributed by atoms with Crippen LogP contribution in [-0.2, 0) is 16.1 Å². The Morgan fingerprint density at radius 1 is 1.00 bits per heavy atom. The molecule has 0 aromatic heterocycles. The highest BCUT2D eigenvalue weighted by Crippen LogP contribution is 2.20. The Kier molecular flexibility index (Phi) is 7.51. The van der Waals surface area contributed by atoms with Crippen LogP contribution in [0.1, 0.15) is 17.5 Å². The normalized spacial score (nSPS) is 10.6. The first-order valence-corrected chi connectivity index (χ1v) is 8.52. The molecule has 0 spiro atoms. The summed E-state index contributed by atoms with van der Waals surface area (Å²) in [5.41, 5.74) is 1.73. The van der Waals surface area contributed by atoms with Gasteiger partial charge in [-0.25, -0.2) is 0 Å². The van der Waals surface area contributed by atoms with Gasteiger partial charge in [0.1, 0.15) is 0 Å². The Morgan fingerprint density at radius 2 is 1.76 bits per heavy atom. The fourth-order valence-electron chi connectivity index (χ4n) is 2.04. The van der Waals surface area contributed by atoms with Gasteiger partial charge in [-0.15, -0.1) is 0 Å². The van der Waals surface area contributed by atoms with E-state index in [1.165, 1.54) is 6.08 Å². The summed E-state index contributed by atoms with van der Waals surface area (Å²) in [6, 6.07) is 14.6. The van der Waals surface area contributed by atoms with Crippen LogP contribution >= 0.6 is 23.2 Å². The van der Waals surface area contributed by atoms with Crippen molar-refractivity contribution in [2.45, 2.75) is 13.0 Å². The molecular weight excluding hydrogens is 359 g/mol. The second-order valence-corrected chi connectivity index (χ2v) is 6.14. The third kappa shape index (κ3) is 6.99. The first kappa shape index (κ1) is 19.0. The van der Waals surface area contributed by atoms with E-state index in [2.05, 4.69) is 10.6 Å². The van der Waals surface area contributed by atoms with Gasteiger partial charge in [0.2, 0.25) is 11.8 Å². The van der Waals surface area contributed by atoms with Crippen molar-refractivity contribution in [3.63, 3.8) is 0 Å². The molecule has 0 unspecified atom stereocenters. The summed E-state index contributed by atoms with van der Waals surface area (Å²) in [4.78, 5) is 23.5. The minimum absolute atomic E-state index is 0.168. The standard InChI is InChI=1S/C19H18Cl2N2O2/c20-16-8-7-15(17(21)12-16)13-23-19(25)10-11-22-18(24)9-6-14-4-2-1-3-5-14/h1-9,12H,10-11,13H2,(H,22,24)(H,23,25)/b9-6+. The van der Waals surface area contributed by atoms with Gasteiger partial charge in [-0.2, -0.15) is 0 Å². The molecule has 0 aliphatic rings. The molecule has 0 fully saturated rings.